The lowest BCUT2D eigenvalue weighted by molar-refractivity contribution is 0.620. The van der Waals surface area contributed by atoms with Gasteiger partial charge in [0.05, 0.1) is 0 Å². The molecule has 0 aromatic carbocycles. The number of anilines is 1. The normalized spacial score (nSPS) is 12.8. The smallest absolute Gasteiger partial charge is 0.129 e. The summed E-state index contributed by atoms with van der Waals surface area (Å²) in [6, 6.07) is 4.76. The van der Waals surface area contributed by atoms with Gasteiger partial charge in [-0.3, -0.25) is 0 Å². The minimum Gasteiger partial charge on any atom is -0.354 e. The van der Waals surface area contributed by atoms with E-state index in [9.17, 15) is 0 Å². The quantitative estimate of drug-likeness (QED) is 0.841. The van der Waals surface area contributed by atoms with E-state index >= 15 is 0 Å². The standard InChI is InChI=1S/C15H27N3/c1-6-12(5)18(7-2)15-9-13(10-16)8-14(17-15)11(3)4/h8-9,11-12H,6-7,10,16H2,1-5H3. The zero-order valence-corrected chi connectivity index (χ0v) is 12.4. The lowest BCUT2D eigenvalue weighted by Gasteiger charge is -2.29. The van der Waals surface area contributed by atoms with Gasteiger partial charge in [-0.2, -0.15) is 0 Å². The molecule has 0 aliphatic heterocycles. The molecule has 3 nitrogen and oxygen atoms in total. The van der Waals surface area contributed by atoms with Crippen molar-refractivity contribution >= 4 is 5.82 Å². The number of pyridine rings is 1. The number of aromatic nitrogens is 1. The summed E-state index contributed by atoms with van der Waals surface area (Å²) in [5, 5.41) is 0. The molecule has 1 aromatic rings. The predicted octanol–water partition coefficient (Wildman–Crippen LogP) is 3.29. The first kappa shape index (κ1) is 15.0. The van der Waals surface area contributed by atoms with Gasteiger partial charge < -0.3 is 10.6 Å². The molecule has 0 bridgehead atoms. The van der Waals surface area contributed by atoms with E-state index < -0.39 is 0 Å². The maximum Gasteiger partial charge on any atom is 0.129 e. The van der Waals surface area contributed by atoms with Crippen molar-refractivity contribution in [3.05, 3.63) is 23.4 Å². The second-order valence-corrected chi connectivity index (χ2v) is 5.16. The maximum atomic E-state index is 5.79. The average molecular weight is 249 g/mol. The zero-order chi connectivity index (χ0) is 13.7. The van der Waals surface area contributed by atoms with Gasteiger partial charge in [-0.1, -0.05) is 20.8 Å². The van der Waals surface area contributed by atoms with E-state index in [2.05, 4.69) is 51.7 Å². The first-order chi connectivity index (χ1) is 8.53. The highest BCUT2D eigenvalue weighted by Gasteiger charge is 2.14. The van der Waals surface area contributed by atoms with Gasteiger partial charge in [-0.25, -0.2) is 4.98 Å². The Labute approximate surface area is 111 Å². The second-order valence-electron chi connectivity index (χ2n) is 5.16. The Morgan fingerprint density at radius 3 is 2.33 bits per heavy atom. The van der Waals surface area contributed by atoms with E-state index in [4.69, 9.17) is 10.7 Å². The summed E-state index contributed by atoms with van der Waals surface area (Å²) >= 11 is 0. The molecule has 0 aliphatic rings. The average Bonchev–Trinajstić information content (AvgIpc) is 2.38. The number of rotatable bonds is 6. The van der Waals surface area contributed by atoms with E-state index in [0.29, 0.717) is 18.5 Å². The molecule has 102 valence electrons. The minimum absolute atomic E-state index is 0.436. The lowest BCUT2D eigenvalue weighted by Crippen LogP contribution is -2.33. The Morgan fingerprint density at radius 2 is 1.89 bits per heavy atom. The van der Waals surface area contributed by atoms with E-state index in [1.165, 1.54) is 5.56 Å². The van der Waals surface area contributed by atoms with E-state index in [-0.39, 0.29) is 0 Å². The molecule has 3 heteroatoms. The van der Waals surface area contributed by atoms with Gasteiger partial charge in [0.25, 0.3) is 0 Å². The van der Waals surface area contributed by atoms with Crippen LogP contribution in [0.1, 0.15) is 58.2 Å². The number of hydrogen-bond donors (Lipinski definition) is 1. The summed E-state index contributed by atoms with van der Waals surface area (Å²) in [4.78, 5) is 7.14. The summed E-state index contributed by atoms with van der Waals surface area (Å²) in [6.45, 7) is 12.5. The van der Waals surface area contributed by atoms with Crippen LogP contribution in [0.5, 0.6) is 0 Å². The van der Waals surface area contributed by atoms with Crippen LogP contribution in [-0.2, 0) is 6.54 Å². The fraction of sp³-hybridized carbons (Fsp3) is 0.667. The van der Waals surface area contributed by atoms with Crippen molar-refractivity contribution < 1.29 is 0 Å². The Hall–Kier alpha value is -1.09. The van der Waals surface area contributed by atoms with Gasteiger partial charge in [0, 0.05) is 24.8 Å². The molecule has 0 radical (unpaired) electrons. The summed E-state index contributed by atoms with van der Waals surface area (Å²) < 4.78 is 0. The summed E-state index contributed by atoms with van der Waals surface area (Å²) in [7, 11) is 0. The first-order valence-corrected chi connectivity index (χ1v) is 7.00. The third kappa shape index (κ3) is 3.45. The van der Waals surface area contributed by atoms with Crippen LogP contribution in [0.15, 0.2) is 12.1 Å². The zero-order valence-electron chi connectivity index (χ0n) is 12.4. The van der Waals surface area contributed by atoms with Crippen LogP contribution in [0.25, 0.3) is 0 Å². The summed E-state index contributed by atoms with van der Waals surface area (Å²) in [5.41, 5.74) is 8.10. The van der Waals surface area contributed by atoms with Crippen LogP contribution in [-0.4, -0.2) is 17.6 Å². The maximum absolute atomic E-state index is 5.79. The minimum atomic E-state index is 0.436. The van der Waals surface area contributed by atoms with Crippen molar-refractivity contribution in [2.24, 2.45) is 5.73 Å². The van der Waals surface area contributed by atoms with Crippen molar-refractivity contribution in [3.63, 3.8) is 0 Å². The van der Waals surface area contributed by atoms with Crippen LogP contribution in [0.2, 0.25) is 0 Å². The Morgan fingerprint density at radius 1 is 1.22 bits per heavy atom. The Balaban J connectivity index is 3.16. The molecule has 1 unspecified atom stereocenters. The molecule has 1 atom stereocenters. The number of nitrogens with zero attached hydrogens (tertiary/aromatic N) is 2. The third-order valence-electron chi connectivity index (χ3n) is 3.48. The van der Waals surface area contributed by atoms with Gasteiger partial charge in [-0.15, -0.1) is 0 Å². The van der Waals surface area contributed by atoms with Gasteiger partial charge in [-0.05, 0) is 43.9 Å². The second kappa shape index (κ2) is 6.74. The van der Waals surface area contributed by atoms with Gasteiger partial charge >= 0.3 is 0 Å². The molecular formula is C15H27N3. The van der Waals surface area contributed by atoms with Gasteiger partial charge in [0.15, 0.2) is 0 Å². The van der Waals surface area contributed by atoms with E-state index in [1.54, 1.807) is 0 Å². The van der Waals surface area contributed by atoms with Crippen molar-refractivity contribution in [3.8, 4) is 0 Å². The van der Waals surface area contributed by atoms with Crippen molar-refractivity contribution in [2.75, 3.05) is 11.4 Å². The fourth-order valence-corrected chi connectivity index (χ4v) is 2.07. The Bertz CT molecular complexity index is 374. The van der Waals surface area contributed by atoms with Crippen LogP contribution < -0.4 is 10.6 Å². The van der Waals surface area contributed by atoms with E-state index in [0.717, 1.165) is 24.5 Å². The molecule has 0 amide bonds. The van der Waals surface area contributed by atoms with Gasteiger partial charge in [0.2, 0.25) is 0 Å². The molecule has 0 saturated carbocycles. The molecule has 0 fully saturated rings. The molecular weight excluding hydrogens is 222 g/mol. The lowest BCUT2D eigenvalue weighted by atomic mass is 10.1. The highest BCUT2D eigenvalue weighted by Crippen LogP contribution is 2.22. The number of hydrogen-bond acceptors (Lipinski definition) is 3. The van der Waals surface area contributed by atoms with Crippen molar-refractivity contribution in [1.29, 1.82) is 0 Å². The summed E-state index contributed by atoms with van der Waals surface area (Å²) in [6.07, 6.45) is 1.12. The molecule has 2 N–H and O–H groups in total. The number of nitrogens with two attached hydrogens (primary N) is 1. The van der Waals surface area contributed by atoms with Crippen molar-refractivity contribution in [2.45, 2.75) is 59.5 Å². The molecule has 1 rings (SSSR count). The Kier molecular flexibility index (Phi) is 5.60. The van der Waals surface area contributed by atoms with Gasteiger partial charge in [0.1, 0.15) is 5.82 Å². The third-order valence-corrected chi connectivity index (χ3v) is 3.48. The van der Waals surface area contributed by atoms with E-state index in [1.807, 2.05) is 0 Å². The topological polar surface area (TPSA) is 42.1 Å². The first-order valence-electron chi connectivity index (χ1n) is 7.00. The van der Waals surface area contributed by atoms with Crippen LogP contribution in [0, 0.1) is 0 Å². The molecule has 0 saturated heterocycles. The summed E-state index contributed by atoms with van der Waals surface area (Å²) in [5.74, 6) is 1.50. The fourth-order valence-electron chi connectivity index (χ4n) is 2.07. The van der Waals surface area contributed by atoms with Crippen LogP contribution in [0.3, 0.4) is 0 Å². The van der Waals surface area contributed by atoms with Crippen LogP contribution >= 0.6 is 0 Å². The highest BCUT2D eigenvalue weighted by molar-refractivity contribution is 5.44. The SMILES string of the molecule is CCC(C)N(CC)c1cc(CN)cc(C(C)C)n1. The molecule has 0 spiro atoms. The van der Waals surface area contributed by atoms with Crippen LogP contribution in [0.4, 0.5) is 5.82 Å². The largest absolute Gasteiger partial charge is 0.354 e. The highest BCUT2D eigenvalue weighted by atomic mass is 15.2. The van der Waals surface area contributed by atoms with Crippen molar-refractivity contribution in [1.82, 2.24) is 4.98 Å². The molecule has 1 aromatic heterocycles. The molecule has 0 aliphatic carbocycles. The molecule has 1 heterocycles. The molecule has 18 heavy (non-hydrogen) atoms. The predicted molar refractivity (Wildman–Crippen MR) is 79.0 cm³/mol. The monoisotopic (exact) mass is 249 g/mol.